The molecule has 3 nitrogen and oxygen atoms in total. The van der Waals surface area contributed by atoms with Crippen LogP contribution in [0, 0.1) is 5.82 Å². The number of hydrogen-bond donors (Lipinski definition) is 2. The first-order chi connectivity index (χ1) is 10.2. The van der Waals surface area contributed by atoms with Gasteiger partial charge in [0.2, 0.25) is 0 Å². The molecule has 0 amide bonds. The largest absolute Gasteiger partial charge is 0.495 e. The molecule has 2 rings (SSSR count). The average molecular weight is 288 g/mol. The molecule has 0 aliphatic carbocycles. The zero-order valence-corrected chi connectivity index (χ0v) is 12.2. The van der Waals surface area contributed by atoms with Gasteiger partial charge in [-0.3, -0.25) is 0 Å². The Hall–Kier alpha value is -2.07. The van der Waals surface area contributed by atoms with Crippen LogP contribution in [0.5, 0.6) is 5.75 Å². The van der Waals surface area contributed by atoms with E-state index in [1.54, 1.807) is 19.2 Å². The van der Waals surface area contributed by atoms with E-state index in [4.69, 9.17) is 10.5 Å². The second-order valence-electron chi connectivity index (χ2n) is 4.95. The SMILES string of the molecule is COc1ccc(CCCNCc2ccccc2F)cc1N. The maximum absolute atomic E-state index is 13.4. The van der Waals surface area contributed by atoms with Crippen LogP contribution < -0.4 is 15.8 Å². The molecular formula is C17H21FN2O. The van der Waals surface area contributed by atoms with Crippen molar-refractivity contribution in [2.75, 3.05) is 19.4 Å². The third-order valence-electron chi connectivity index (χ3n) is 3.39. The summed E-state index contributed by atoms with van der Waals surface area (Å²) in [6.45, 7) is 1.39. The average Bonchev–Trinajstić information content (AvgIpc) is 2.49. The monoisotopic (exact) mass is 288 g/mol. The molecule has 0 saturated heterocycles. The van der Waals surface area contributed by atoms with Crippen molar-refractivity contribution in [1.29, 1.82) is 0 Å². The zero-order chi connectivity index (χ0) is 15.1. The summed E-state index contributed by atoms with van der Waals surface area (Å²) in [7, 11) is 1.61. The van der Waals surface area contributed by atoms with Gasteiger partial charge in [0.1, 0.15) is 11.6 Å². The van der Waals surface area contributed by atoms with Crippen LogP contribution in [0.15, 0.2) is 42.5 Å². The van der Waals surface area contributed by atoms with Gasteiger partial charge in [-0.25, -0.2) is 4.39 Å². The highest BCUT2D eigenvalue weighted by atomic mass is 19.1. The third kappa shape index (κ3) is 4.46. The first-order valence-electron chi connectivity index (χ1n) is 7.07. The van der Waals surface area contributed by atoms with E-state index in [0.29, 0.717) is 23.5 Å². The predicted molar refractivity (Wildman–Crippen MR) is 83.8 cm³/mol. The minimum Gasteiger partial charge on any atom is -0.495 e. The van der Waals surface area contributed by atoms with Crippen molar-refractivity contribution in [3.8, 4) is 5.75 Å². The Bertz CT molecular complexity index is 587. The van der Waals surface area contributed by atoms with Gasteiger partial charge >= 0.3 is 0 Å². The number of nitrogens with one attached hydrogen (secondary N) is 1. The molecule has 4 heteroatoms. The van der Waals surface area contributed by atoms with Crippen LogP contribution in [0.25, 0.3) is 0 Å². The number of halogens is 1. The van der Waals surface area contributed by atoms with Gasteiger partial charge in [0.25, 0.3) is 0 Å². The second kappa shape index (κ2) is 7.64. The van der Waals surface area contributed by atoms with Crippen molar-refractivity contribution in [3.63, 3.8) is 0 Å². The number of methoxy groups -OCH3 is 1. The van der Waals surface area contributed by atoms with E-state index < -0.39 is 0 Å². The molecule has 0 fully saturated rings. The Morgan fingerprint density at radius 3 is 2.71 bits per heavy atom. The summed E-state index contributed by atoms with van der Waals surface area (Å²) in [6, 6.07) is 12.7. The van der Waals surface area contributed by atoms with E-state index in [0.717, 1.165) is 19.4 Å². The molecule has 0 aliphatic heterocycles. The van der Waals surface area contributed by atoms with E-state index in [1.807, 2.05) is 24.3 Å². The fraction of sp³-hybridized carbons (Fsp3) is 0.294. The van der Waals surface area contributed by atoms with Gasteiger partial charge in [-0.2, -0.15) is 0 Å². The molecule has 0 unspecified atom stereocenters. The van der Waals surface area contributed by atoms with E-state index in [2.05, 4.69) is 5.32 Å². The van der Waals surface area contributed by atoms with Crippen molar-refractivity contribution in [2.24, 2.45) is 0 Å². The predicted octanol–water partition coefficient (Wildman–Crippen LogP) is 3.14. The Morgan fingerprint density at radius 1 is 1.19 bits per heavy atom. The van der Waals surface area contributed by atoms with E-state index in [1.165, 1.54) is 11.6 Å². The van der Waals surface area contributed by atoms with Crippen molar-refractivity contribution in [1.82, 2.24) is 5.32 Å². The fourth-order valence-electron chi connectivity index (χ4n) is 2.22. The quantitative estimate of drug-likeness (QED) is 0.608. The number of benzene rings is 2. The first-order valence-corrected chi connectivity index (χ1v) is 7.07. The summed E-state index contributed by atoms with van der Waals surface area (Å²) < 4.78 is 18.5. The normalized spacial score (nSPS) is 10.6. The Balaban J connectivity index is 1.73. The molecule has 2 aromatic rings. The molecular weight excluding hydrogens is 267 g/mol. The molecule has 0 aliphatic rings. The number of rotatable bonds is 7. The van der Waals surface area contributed by atoms with Gasteiger partial charge in [0.15, 0.2) is 0 Å². The Morgan fingerprint density at radius 2 is 2.00 bits per heavy atom. The molecule has 0 aromatic heterocycles. The minimum absolute atomic E-state index is 0.159. The molecule has 0 bridgehead atoms. The Labute approximate surface area is 124 Å². The van der Waals surface area contributed by atoms with Crippen LogP contribution in [0.4, 0.5) is 10.1 Å². The van der Waals surface area contributed by atoms with Crippen LogP contribution in [0.1, 0.15) is 17.5 Å². The molecule has 0 heterocycles. The van der Waals surface area contributed by atoms with Crippen LogP contribution in [-0.2, 0) is 13.0 Å². The fourth-order valence-corrected chi connectivity index (χ4v) is 2.22. The molecule has 0 radical (unpaired) electrons. The second-order valence-corrected chi connectivity index (χ2v) is 4.95. The Kier molecular flexibility index (Phi) is 5.58. The number of ether oxygens (including phenoxy) is 1. The van der Waals surface area contributed by atoms with Gasteiger partial charge in [-0.15, -0.1) is 0 Å². The molecule has 0 atom stereocenters. The van der Waals surface area contributed by atoms with Crippen molar-refractivity contribution >= 4 is 5.69 Å². The number of anilines is 1. The van der Waals surface area contributed by atoms with Crippen LogP contribution in [0.2, 0.25) is 0 Å². The van der Waals surface area contributed by atoms with Crippen LogP contribution in [-0.4, -0.2) is 13.7 Å². The van der Waals surface area contributed by atoms with E-state index in [-0.39, 0.29) is 5.82 Å². The molecule has 0 spiro atoms. The summed E-state index contributed by atoms with van der Waals surface area (Å²) in [6.07, 6.45) is 1.90. The van der Waals surface area contributed by atoms with Crippen LogP contribution >= 0.6 is 0 Å². The maximum atomic E-state index is 13.4. The minimum atomic E-state index is -0.159. The standard InChI is InChI=1S/C17H21FN2O/c1-21-17-9-8-13(11-16(17)19)5-4-10-20-12-14-6-2-3-7-15(14)18/h2-3,6-9,11,20H,4-5,10,12,19H2,1H3. The highest BCUT2D eigenvalue weighted by Crippen LogP contribution is 2.22. The third-order valence-corrected chi connectivity index (χ3v) is 3.39. The summed E-state index contributed by atoms with van der Waals surface area (Å²) in [5.41, 5.74) is 8.42. The summed E-state index contributed by atoms with van der Waals surface area (Å²) in [4.78, 5) is 0. The van der Waals surface area contributed by atoms with Crippen LogP contribution in [0.3, 0.4) is 0 Å². The van der Waals surface area contributed by atoms with E-state index >= 15 is 0 Å². The highest BCUT2D eigenvalue weighted by Gasteiger charge is 2.02. The van der Waals surface area contributed by atoms with Crippen molar-refractivity contribution in [2.45, 2.75) is 19.4 Å². The number of nitrogens with two attached hydrogens (primary N) is 1. The van der Waals surface area contributed by atoms with Gasteiger partial charge < -0.3 is 15.8 Å². The van der Waals surface area contributed by atoms with Gasteiger partial charge in [0.05, 0.1) is 12.8 Å². The van der Waals surface area contributed by atoms with Gasteiger partial charge in [0, 0.05) is 12.1 Å². The van der Waals surface area contributed by atoms with E-state index in [9.17, 15) is 4.39 Å². The lowest BCUT2D eigenvalue weighted by molar-refractivity contribution is 0.417. The number of aryl methyl sites for hydroxylation is 1. The lowest BCUT2D eigenvalue weighted by Gasteiger charge is -2.08. The topological polar surface area (TPSA) is 47.3 Å². The molecule has 2 aromatic carbocycles. The number of hydrogen-bond acceptors (Lipinski definition) is 3. The highest BCUT2D eigenvalue weighted by molar-refractivity contribution is 5.54. The smallest absolute Gasteiger partial charge is 0.141 e. The summed E-state index contributed by atoms with van der Waals surface area (Å²) in [5.74, 6) is 0.546. The number of nitrogen functional groups attached to an aromatic ring is 1. The first kappa shape index (κ1) is 15.3. The molecule has 3 N–H and O–H groups in total. The lowest BCUT2D eigenvalue weighted by Crippen LogP contribution is -2.16. The lowest BCUT2D eigenvalue weighted by atomic mass is 10.1. The summed E-state index contributed by atoms with van der Waals surface area (Å²) >= 11 is 0. The maximum Gasteiger partial charge on any atom is 0.141 e. The summed E-state index contributed by atoms with van der Waals surface area (Å²) in [5, 5.41) is 3.25. The zero-order valence-electron chi connectivity index (χ0n) is 12.2. The van der Waals surface area contributed by atoms with Gasteiger partial charge in [-0.1, -0.05) is 24.3 Å². The van der Waals surface area contributed by atoms with Gasteiger partial charge in [-0.05, 0) is 43.1 Å². The van der Waals surface area contributed by atoms with Crippen molar-refractivity contribution in [3.05, 3.63) is 59.4 Å². The molecule has 0 saturated carbocycles. The molecule has 112 valence electrons. The molecule has 21 heavy (non-hydrogen) atoms. The van der Waals surface area contributed by atoms with Crippen molar-refractivity contribution < 1.29 is 9.13 Å².